The number of unbranched alkanes of at least 4 members (excludes halogenated alkanes) is 12. The summed E-state index contributed by atoms with van der Waals surface area (Å²) in [6.45, 7) is 8.69. The van der Waals surface area contributed by atoms with Crippen molar-refractivity contribution in [2.24, 2.45) is 0 Å². The number of hydrogen-bond donors (Lipinski definition) is 1. The van der Waals surface area contributed by atoms with E-state index in [1.165, 1.54) is 77.0 Å². The van der Waals surface area contributed by atoms with Gasteiger partial charge in [0.1, 0.15) is 6.61 Å². The van der Waals surface area contributed by atoms with Gasteiger partial charge in [0.05, 0.1) is 79.3 Å². The topological polar surface area (TPSA) is 102 Å². The smallest absolute Gasteiger partial charge is 0.329 e. The third-order valence-corrected chi connectivity index (χ3v) is 5.85. The summed E-state index contributed by atoms with van der Waals surface area (Å²) in [7, 11) is 0. The van der Waals surface area contributed by atoms with Gasteiger partial charge >= 0.3 is 5.97 Å². The molecular weight excluding hydrogens is 492 g/mol. The van der Waals surface area contributed by atoms with E-state index in [0.29, 0.717) is 72.7 Å². The molecule has 0 rings (SSSR count). The molecule has 0 atom stereocenters. The van der Waals surface area contributed by atoms with Crippen LogP contribution in [0.15, 0.2) is 0 Å². The lowest BCUT2D eigenvalue weighted by Gasteiger charge is -2.08. The molecule has 0 aromatic heterocycles. The molecule has 0 aliphatic carbocycles. The minimum atomic E-state index is -0.983. The van der Waals surface area contributed by atoms with Gasteiger partial charge in [0.15, 0.2) is 0 Å². The summed E-state index contributed by atoms with van der Waals surface area (Å²) in [6.07, 6.45) is 17.8. The van der Waals surface area contributed by atoms with Crippen LogP contribution in [-0.2, 0) is 38.0 Å². The molecule has 0 amide bonds. The Kier molecular flexibility index (Phi) is 33.5. The van der Waals surface area contributed by atoms with Crippen molar-refractivity contribution in [3.63, 3.8) is 0 Å². The molecule has 0 saturated carbocycles. The van der Waals surface area contributed by atoms with E-state index in [1.54, 1.807) is 0 Å². The van der Waals surface area contributed by atoms with Crippen molar-refractivity contribution in [3.8, 4) is 0 Å². The van der Waals surface area contributed by atoms with Crippen molar-refractivity contribution >= 4 is 5.97 Å². The summed E-state index contributed by atoms with van der Waals surface area (Å²) in [6, 6.07) is 0. The zero-order valence-corrected chi connectivity index (χ0v) is 24.3. The molecule has 38 heavy (non-hydrogen) atoms. The first-order valence-electron chi connectivity index (χ1n) is 15.0. The normalized spacial score (nSPS) is 11.4. The quantitative estimate of drug-likeness (QED) is 0.107. The van der Waals surface area contributed by atoms with E-state index in [-0.39, 0.29) is 13.2 Å². The average molecular weight is 551 g/mol. The van der Waals surface area contributed by atoms with Gasteiger partial charge in [-0.1, -0.05) is 84.0 Å². The fraction of sp³-hybridized carbons (Fsp3) is 0.966. The number of ether oxygens (including phenoxy) is 7. The summed E-state index contributed by atoms with van der Waals surface area (Å²) in [5.74, 6) is -0.983. The second kappa shape index (κ2) is 34.2. The molecule has 0 heterocycles. The second-order valence-corrected chi connectivity index (χ2v) is 9.36. The van der Waals surface area contributed by atoms with Crippen LogP contribution in [-0.4, -0.2) is 104 Å². The average Bonchev–Trinajstić information content (AvgIpc) is 2.91. The predicted octanol–water partition coefficient (Wildman–Crippen LogP) is 5.28. The Bertz CT molecular complexity index is 452. The Labute approximate surface area is 232 Å². The largest absolute Gasteiger partial charge is 0.480 e. The SMILES string of the molecule is CCCCCCCCCCCCCCCOCCOCCOCCOCCOCCOCCOCC(=O)O. The summed E-state index contributed by atoms with van der Waals surface area (Å²) in [4.78, 5) is 10.3. The van der Waals surface area contributed by atoms with Gasteiger partial charge in [-0.25, -0.2) is 4.79 Å². The molecule has 9 nitrogen and oxygen atoms in total. The maximum atomic E-state index is 10.3. The fourth-order valence-electron chi connectivity index (χ4n) is 3.70. The molecule has 0 aromatic carbocycles. The number of carbonyl (C=O) groups is 1. The molecule has 0 unspecified atom stereocenters. The van der Waals surface area contributed by atoms with Crippen molar-refractivity contribution in [3.05, 3.63) is 0 Å². The highest BCUT2D eigenvalue weighted by Crippen LogP contribution is 2.12. The second-order valence-electron chi connectivity index (χ2n) is 9.36. The Morgan fingerprint density at radius 1 is 0.395 bits per heavy atom. The Morgan fingerprint density at radius 3 is 0.974 bits per heavy atom. The van der Waals surface area contributed by atoms with E-state index in [0.717, 1.165) is 13.0 Å². The summed E-state index contributed by atoms with van der Waals surface area (Å²) >= 11 is 0. The van der Waals surface area contributed by atoms with Crippen LogP contribution < -0.4 is 0 Å². The molecule has 0 fully saturated rings. The van der Waals surface area contributed by atoms with Crippen LogP contribution in [0.4, 0.5) is 0 Å². The van der Waals surface area contributed by atoms with Crippen molar-refractivity contribution in [2.75, 3.05) is 92.5 Å². The number of rotatable bonds is 34. The third-order valence-electron chi connectivity index (χ3n) is 5.85. The fourth-order valence-corrected chi connectivity index (χ4v) is 3.70. The van der Waals surface area contributed by atoms with Gasteiger partial charge in [0, 0.05) is 6.61 Å². The molecule has 0 aromatic rings. The Balaban J connectivity index is 3.02. The zero-order valence-electron chi connectivity index (χ0n) is 24.3. The standard InChI is InChI=1S/C29H58O9/c1-2-3-4-5-6-7-8-9-10-11-12-13-14-15-32-16-17-33-18-19-34-20-21-35-22-23-36-24-25-37-26-27-38-28-29(30)31/h2-28H2,1H3,(H,30,31). The first-order valence-corrected chi connectivity index (χ1v) is 15.0. The molecular formula is C29H58O9. The van der Waals surface area contributed by atoms with E-state index in [9.17, 15) is 4.79 Å². The molecule has 0 spiro atoms. The highest BCUT2D eigenvalue weighted by atomic mass is 16.6. The highest BCUT2D eigenvalue weighted by Gasteiger charge is 1.97. The van der Waals surface area contributed by atoms with Crippen molar-refractivity contribution in [2.45, 2.75) is 90.4 Å². The predicted molar refractivity (Wildman–Crippen MR) is 149 cm³/mol. The van der Waals surface area contributed by atoms with E-state index in [1.807, 2.05) is 0 Å². The Morgan fingerprint density at radius 2 is 0.658 bits per heavy atom. The van der Waals surface area contributed by atoms with Gasteiger partial charge < -0.3 is 38.3 Å². The maximum Gasteiger partial charge on any atom is 0.329 e. The van der Waals surface area contributed by atoms with Crippen LogP contribution in [0.5, 0.6) is 0 Å². The first-order chi connectivity index (χ1) is 18.8. The van der Waals surface area contributed by atoms with Crippen LogP contribution in [0.1, 0.15) is 90.4 Å². The van der Waals surface area contributed by atoms with Gasteiger partial charge in [0.2, 0.25) is 0 Å². The minimum Gasteiger partial charge on any atom is -0.480 e. The monoisotopic (exact) mass is 550 g/mol. The van der Waals surface area contributed by atoms with Crippen molar-refractivity contribution in [1.82, 2.24) is 0 Å². The molecule has 1 N–H and O–H groups in total. The molecule has 228 valence electrons. The number of carboxylic acid groups (broad SMARTS) is 1. The lowest BCUT2D eigenvalue weighted by molar-refractivity contribution is -0.142. The molecule has 0 bridgehead atoms. The van der Waals surface area contributed by atoms with Gasteiger partial charge in [-0.2, -0.15) is 0 Å². The van der Waals surface area contributed by atoms with Crippen LogP contribution >= 0.6 is 0 Å². The number of carboxylic acids is 1. The van der Waals surface area contributed by atoms with Crippen LogP contribution in [0.25, 0.3) is 0 Å². The Hall–Kier alpha value is -0.810. The first kappa shape index (κ1) is 37.2. The highest BCUT2D eigenvalue weighted by molar-refractivity contribution is 5.67. The molecule has 0 saturated heterocycles. The minimum absolute atomic E-state index is 0.258. The van der Waals surface area contributed by atoms with E-state index in [2.05, 4.69) is 6.92 Å². The van der Waals surface area contributed by atoms with E-state index in [4.69, 9.17) is 38.3 Å². The molecule has 9 heteroatoms. The van der Waals surface area contributed by atoms with Gasteiger partial charge in [-0.15, -0.1) is 0 Å². The summed E-state index contributed by atoms with van der Waals surface area (Å²) in [5, 5.41) is 8.41. The lowest BCUT2D eigenvalue weighted by atomic mass is 10.0. The summed E-state index contributed by atoms with van der Waals surface area (Å²) < 4.78 is 37.5. The molecule has 0 aliphatic rings. The summed E-state index contributed by atoms with van der Waals surface area (Å²) in [5.41, 5.74) is 0. The van der Waals surface area contributed by atoms with E-state index >= 15 is 0 Å². The van der Waals surface area contributed by atoms with Crippen LogP contribution in [0.2, 0.25) is 0 Å². The van der Waals surface area contributed by atoms with Crippen molar-refractivity contribution < 1.29 is 43.1 Å². The van der Waals surface area contributed by atoms with Crippen LogP contribution in [0, 0.1) is 0 Å². The zero-order chi connectivity index (χ0) is 27.6. The molecule has 0 aliphatic heterocycles. The van der Waals surface area contributed by atoms with Gasteiger partial charge in [-0.3, -0.25) is 0 Å². The lowest BCUT2D eigenvalue weighted by Crippen LogP contribution is -2.15. The molecule has 0 radical (unpaired) electrons. The van der Waals surface area contributed by atoms with Crippen molar-refractivity contribution in [1.29, 1.82) is 0 Å². The maximum absolute atomic E-state index is 10.3. The third kappa shape index (κ3) is 35.2. The van der Waals surface area contributed by atoms with Gasteiger partial charge in [0.25, 0.3) is 0 Å². The number of hydrogen-bond acceptors (Lipinski definition) is 8. The van der Waals surface area contributed by atoms with E-state index < -0.39 is 5.97 Å². The van der Waals surface area contributed by atoms with Gasteiger partial charge in [-0.05, 0) is 6.42 Å². The number of aliphatic carboxylic acids is 1. The van der Waals surface area contributed by atoms with Crippen LogP contribution in [0.3, 0.4) is 0 Å².